The number of hydrogen-bond acceptors (Lipinski definition) is 3. The summed E-state index contributed by atoms with van der Waals surface area (Å²) in [6.45, 7) is 9.06. The third-order valence-corrected chi connectivity index (χ3v) is 2.27. The molecule has 0 saturated heterocycles. The number of aryl methyl sites for hydroxylation is 1. The third kappa shape index (κ3) is 3.51. The van der Waals surface area contributed by atoms with Crippen LogP contribution in [-0.2, 0) is 0 Å². The van der Waals surface area contributed by atoms with Crippen LogP contribution >= 0.6 is 0 Å². The molecule has 0 aliphatic rings. The number of rotatable bonds is 5. The van der Waals surface area contributed by atoms with Gasteiger partial charge >= 0.3 is 0 Å². The van der Waals surface area contributed by atoms with Crippen molar-refractivity contribution in [3.8, 4) is 0 Å². The number of anilines is 1. The predicted octanol–water partition coefficient (Wildman–Crippen LogP) is 1.81. The Labute approximate surface area is 92.3 Å². The molecule has 0 atom stereocenters. The molecule has 0 radical (unpaired) electrons. The van der Waals surface area contributed by atoms with E-state index < -0.39 is 0 Å². The summed E-state index contributed by atoms with van der Waals surface area (Å²) in [5.41, 5.74) is 6.84. The fraction of sp³-hybridized carbons (Fsp3) is 0.583. The second-order valence-electron chi connectivity index (χ2n) is 4.27. The minimum Gasteiger partial charge on any atom is -0.355 e. The monoisotopic (exact) mass is 207 g/mol. The molecule has 0 bridgehead atoms. The largest absolute Gasteiger partial charge is 0.355 e. The number of pyridine rings is 1. The zero-order valence-corrected chi connectivity index (χ0v) is 9.90. The van der Waals surface area contributed by atoms with Crippen LogP contribution in [0.1, 0.15) is 19.4 Å². The molecule has 84 valence electrons. The molecule has 0 aromatic carbocycles. The maximum absolute atomic E-state index is 5.62. The van der Waals surface area contributed by atoms with Crippen LogP contribution in [0.4, 0.5) is 5.82 Å². The highest BCUT2D eigenvalue weighted by atomic mass is 15.2. The number of aromatic nitrogens is 1. The first kappa shape index (κ1) is 12.0. The lowest BCUT2D eigenvalue weighted by molar-refractivity contribution is 0.606. The minimum atomic E-state index is 0.623. The van der Waals surface area contributed by atoms with E-state index in [2.05, 4.69) is 36.7 Å². The van der Waals surface area contributed by atoms with Crippen LogP contribution in [0.25, 0.3) is 0 Å². The van der Waals surface area contributed by atoms with E-state index in [1.165, 1.54) is 5.56 Å². The molecule has 3 nitrogen and oxygen atoms in total. The molecule has 0 fully saturated rings. The molecule has 0 saturated carbocycles. The SMILES string of the molecule is Cc1cccnc1N(CCN)CC(C)C. The van der Waals surface area contributed by atoms with Gasteiger partial charge in [-0.1, -0.05) is 19.9 Å². The summed E-state index contributed by atoms with van der Waals surface area (Å²) in [6.07, 6.45) is 1.84. The first-order valence-corrected chi connectivity index (χ1v) is 5.51. The normalized spacial score (nSPS) is 10.7. The molecule has 3 heteroatoms. The van der Waals surface area contributed by atoms with Crippen molar-refractivity contribution in [2.45, 2.75) is 20.8 Å². The Balaban J connectivity index is 2.83. The van der Waals surface area contributed by atoms with E-state index in [1.807, 2.05) is 12.3 Å². The highest BCUT2D eigenvalue weighted by molar-refractivity contribution is 5.45. The van der Waals surface area contributed by atoms with Gasteiger partial charge in [-0.25, -0.2) is 4.98 Å². The van der Waals surface area contributed by atoms with Gasteiger partial charge in [-0.05, 0) is 24.5 Å². The summed E-state index contributed by atoms with van der Waals surface area (Å²) in [7, 11) is 0. The average molecular weight is 207 g/mol. The van der Waals surface area contributed by atoms with Crippen LogP contribution in [0.15, 0.2) is 18.3 Å². The molecular weight excluding hydrogens is 186 g/mol. The molecule has 15 heavy (non-hydrogen) atoms. The quantitative estimate of drug-likeness (QED) is 0.800. The Morgan fingerprint density at radius 1 is 1.47 bits per heavy atom. The van der Waals surface area contributed by atoms with Gasteiger partial charge in [-0.3, -0.25) is 0 Å². The fourth-order valence-corrected chi connectivity index (χ4v) is 1.69. The van der Waals surface area contributed by atoms with Crippen LogP contribution in [0.2, 0.25) is 0 Å². The minimum absolute atomic E-state index is 0.623. The van der Waals surface area contributed by atoms with E-state index in [0.29, 0.717) is 12.5 Å². The maximum Gasteiger partial charge on any atom is 0.131 e. The Hall–Kier alpha value is -1.09. The van der Waals surface area contributed by atoms with Crippen molar-refractivity contribution in [3.05, 3.63) is 23.9 Å². The number of nitrogens with two attached hydrogens (primary N) is 1. The van der Waals surface area contributed by atoms with Crippen molar-refractivity contribution >= 4 is 5.82 Å². The lowest BCUT2D eigenvalue weighted by Gasteiger charge is -2.26. The average Bonchev–Trinajstić information content (AvgIpc) is 2.17. The first-order valence-electron chi connectivity index (χ1n) is 5.51. The molecule has 1 heterocycles. The number of nitrogens with zero attached hydrogens (tertiary/aromatic N) is 2. The summed E-state index contributed by atoms with van der Waals surface area (Å²) in [6, 6.07) is 4.06. The van der Waals surface area contributed by atoms with E-state index in [-0.39, 0.29) is 0 Å². The lowest BCUT2D eigenvalue weighted by Crippen LogP contribution is -2.33. The molecule has 0 aliphatic carbocycles. The molecule has 0 aliphatic heterocycles. The van der Waals surface area contributed by atoms with E-state index in [1.54, 1.807) is 0 Å². The lowest BCUT2D eigenvalue weighted by atomic mass is 10.2. The topological polar surface area (TPSA) is 42.2 Å². The highest BCUT2D eigenvalue weighted by Crippen LogP contribution is 2.16. The van der Waals surface area contributed by atoms with Crippen molar-refractivity contribution in [2.24, 2.45) is 11.7 Å². The molecule has 2 N–H and O–H groups in total. The van der Waals surface area contributed by atoms with Gasteiger partial charge in [0.25, 0.3) is 0 Å². The second-order valence-corrected chi connectivity index (χ2v) is 4.27. The summed E-state index contributed by atoms with van der Waals surface area (Å²) in [4.78, 5) is 6.68. The zero-order valence-electron chi connectivity index (χ0n) is 9.90. The molecule has 0 unspecified atom stereocenters. The molecule has 1 rings (SSSR count). The van der Waals surface area contributed by atoms with Crippen molar-refractivity contribution in [1.82, 2.24) is 4.98 Å². The summed E-state index contributed by atoms with van der Waals surface area (Å²) in [5, 5.41) is 0. The van der Waals surface area contributed by atoms with Gasteiger partial charge in [0.05, 0.1) is 0 Å². The third-order valence-electron chi connectivity index (χ3n) is 2.27. The Morgan fingerprint density at radius 3 is 2.73 bits per heavy atom. The Morgan fingerprint density at radius 2 is 2.20 bits per heavy atom. The van der Waals surface area contributed by atoms with Crippen molar-refractivity contribution in [3.63, 3.8) is 0 Å². The van der Waals surface area contributed by atoms with Gasteiger partial charge < -0.3 is 10.6 Å². The van der Waals surface area contributed by atoms with Gasteiger partial charge in [0.2, 0.25) is 0 Å². The van der Waals surface area contributed by atoms with Gasteiger partial charge in [0, 0.05) is 25.8 Å². The van der Waals surface area contributed by atoms with E-state index in [4.69, 9.17) is 5.73 Å². The summed E-state index contributed by atoms with van der Waals surface area (Å²) < 4.78 is 0. The van der Waals surface area contributed by atoms with E-state index in [0.717, 1.165) is 18.9 Å². The van der Waals surface area contributed by atoms with Crippen molar-refractivity contribution in [2.75, 3.05) is 24.5 Å². The summed E-state index contributed by atoms with van der Waals surface area (Å²) >= 11 is 0. The second kappa shape index (κ2) is 5.71. The Bertz CT molecular complexity index is 297. The predicted molar refractivity (Wildman–Crippen MR) is 65.1 cm³/mol. The smallest absolute Gasteiger partial charge is 0.131 e. The van der Waals surface area contributed by atoms with Gasteiger partial charge in [-0.15, -0.1) is 0 Å². The summed E-state index contributed by atoms with van der Waals surface area (Å²) in [5.74, 6) is 1.69. The first-order chi connectivity index (χ1) is 7.15. The molecule has 1 aromatic heterocycles. The van der Waals surface area contributed by atoms with E-state index >= 15 is 0 Å². The van der Waals surface area contributed by atoms with Gasteiger partial charge in [0.1, 0.15) is 5.82 Å². The maximum atomic E-state index is 5.62. The van der Waals surface area contributed by atoms with Gasteiger partial charge in [-0.2, -0.15) is 0 Å². The highest BCUT2D eigenvalue weighted by Gasteiger charge is 2.10. The van der Waals surface area contributed by atoms with Crippen LogP contribution in [0, 0.1) is 12.8 Å². The molecule has 0 amide bonds. The van der Waals surface area contributed by atoms with Crippen LogP contribution in [0.5, 0.6) is 0 Å². The van der Waals surface area contributed by atoms with Crippen LogP contribution in [0.3, 0.4) is 0 Å². The molecule has 0 spiro atoms. The van der Waals surface area contributed by atoms with Crippen molar-refractivity contribution < 1.29 is 0 Å². The number of hydrogen-bond donors (Lipinski definition) is 1. The Kier molecular flexibility index (Phi) is 4.56. The van der Waals surface area contributed by atoms with Crippen molar-refractivity contribution in [1.29, 1.82) is 0 Å². The molecule has 1 aromatic rings. The van der Waals surface area contributed by atoms with Crippen LogP contribution < -0.4 is 10.6 Å². The van der Waals surface area contributed by atoms with Gasteiger partial charge in [0.15, 0.2) is 0 Å². The van der Waals surface area contributed by atoms with Crippen LogP contribution in [-0.4, -0.2) is 24.6 Å². The van der Waals surface area contributed by atoms with E-state index in [9.17, 15) is 0 Å². The fourth-order valence-electron chi connectivity index (χ4n) is 1.69. The zero-order chi connectivity index (χ0) is 11.3. The standard InChI is InChI=1S/C12H21N3/c1-10(2)9-15(8-6-13)12-11(3)5-4-7-14-12/h4-5,7,10H,6,8-9,13H2,1-3H3. The molecular formula is C12H21N3.